The molecule has 0 saturated carbocycles. The molecule has 6 nitrogen and oxygen atoms in total. The van der Waals surface area contributed by atoms with Gasteiger partial charge in [-0.3, -0.25) is 9.59 Å². The second-order valence-electron chi connectivity index (χ2n) is 29.9. The summed E-state index contributed by atoms with van der Waals surface area (Å²) in [6.07, 6.45) is 110. The number of carbonyl (C=O) groups is 2. The third-order valence-electron chi connectivity index (χ3n) is 20.4. The van der Waals surface area contributed by atoms with Crippen LogP contribution in [-0.4, -0.2) is 47.4 Å². The number of amides is 1. The van der Waals surface area contributed by atoms with Gasteiger partial charge in [-0.25, -0.2) is 0 Å². The quantitative estimate of drug-likeness (QED) is 0.0320. The molecule has 556 valence electrons. The first kappa shape index (κ1) is 92.1. The molecular weight excluding hydrogens is 1150 g/mol. The van der Waals surface area contributed by atoms with Gasteiger partial charge in [0.1, 0.15) is 0 Å². The number of rotatable bonds is 82. The van der Waals surface area contributed by atoms with Crippen LogP contribution in [0.3, 0.4) is 0 Å². The van der Waals surface area contributed by atoms with E-state index in [1.54, 1.807) is 0 Å². The van der Waals surface area contributed by atoms with Crippen LogP contribution in [0.1, 0.15) is 489 Å². The van der Waals surface area contributed by atoms with E-state index in [4.69, 9.17) is 4.74 Å². The van der Waals surface area contributed by atoms with Crippen molar-refractivity contribution in [1.82, 2.24) is 5.32 Å². The number of ether oxygens (including phenoxy) is 1. The van der Waals surface area contributed by atoms with Crippen molar-refractivity contribution in [2.24, 2.45) is 0 Å². The normalized spacial score (nSPS) is 12.6. The summed E-state index contributed by atoms with van der Waals surface area (Å²) in [6.45, 7) is 4.99. The molecule has 0 heterocycles. The Morgan fingerprint density at radius 1 is 0.298 bits per heavy atom. The Morgan fingerprint density at radius 2 is 0.532 bits per heavy atom. The first-order valence-corrected chi connectivity index (χ1v) is 43.2. The monoisotopic (exact) mass is 1320 g/mol. The van der Waals surface area contributed by atoms with Gasteiger partial charge in [0.25, 0.3) is 0 Å². The van der Waals surface area contributed by atoms with Crippen molar-refractivity contribution < 1.29 is 24.5 Å². The molecule has 0 aromatic heterocycles. The fraction of sp³-hybridized carbons (Fsp3) is 0.909. The third-order valence-corrected chi connectivity index (χ3v) is 20.4. The van der Waals surface area contributed by atoms with Gasteiger partial charge in [-0.1, -0.05) is 429 Å². The van der Waals surface area contributed by atoms with Crippen LogP contribution in [0.2, 0.25) is 0 Å². The van der Waals surface area contributed by atoms with E-state index in [0.717, 1.165) is 51.4 Å². The fourth-order valence-corrected chi connectivity index (χ4v) is 13.8. The van der Waals surface area contributed by atoms with Gasteiger partial charge in [0.2, 0.25) is 5.91 Å². The highest BCUT2D eigenvalue weighted by Gasteiger charge is 2.20. The van der Waals surface area contributed by atoms with E-state index in [1.165, 1.54) is 405 Å². The summed E-state index contributed by atoms with van der Waals surface area (Å²) < 4.78 is 5.51. The van der Waals surface area contributed by atoms with Crippen molar-refractivity contribution in [2.75, 3.05) is 13.2 Å². The first-order valence-electron chi connectivity index (χ1n) is 43.2. The zero-order valence-corrected chi connectivity index (χ0v) is 64.0. The molecule has 2 unspecified atom stereocenters. The maximum atomic E-state index is 12.6. The van der Waals surface area contributed by atoms with Crippen molar-refractivity contribution in [3.63, 3.8) is 0 Å². The molecule has 0 radical (unpaired) electrons. The lowest BCUT2D eigenvalue weighted by Gasteiger charge is -2.22. The molecule has 94 heavy (non-hydrogen) atoms. The minimum atomic E-state index is -0.662. The number of allylic oxidation sites excluding steroid dienone is 6. The molecule has 0 fully saturated rings. The lowest BCUT2D eigenvalue weighted by atomic mass is 10.0. The van der Waals surface area contributed by atoms with Gasteiger partial charge in [0.05, 0.1) is 25.4 Å². The molecule has 0 spiro atoms. The van der Waals surface area contributed by atoms with Gasteiger partial charge >= 0.3 is 5.97 Å². The minimum Gasteiger partial charge on any atom is -0.466 e. The lowest BCUT2D eigenvalue weighted by molar-refractivity contribution is -0.143. The van der Waals surface area contributed by atoms with Crippen molar-refractivity contribution >= 4 is 11.9 Å². The van der Waals surface area contributed by atoms with E-state index >= 15 is 0 Å². The van der Waals surface area contributed by atoms with Gasteiger partial charge < -0.3 is 20.3 Å². The molecule has 3 N–H and O–H groups in total. The van der Waals surface area contributed by atoms with Crippen LogP contribution in [0, 0.1) is 0 Å². The molecule has 0 aliphatic heterocycles. The van der Waals surface area contributed by atoms with Crippen LogP contribution < -0.4 is 5.32 Å². The van der Waals surface area contributed by atoms with E-state index in [2.05, 4.69) is 55.6 Å². The largest absolute Gasteiger partial charge is 0.466 e. The lowest BCUT2D eigenvalue weighted by Crippen LogP contribution is -2.45. The number of hydrogen-bond donors (Lipinski definition) is 3. The number of aliphatic hydroxyl groups is 2. The van der Waals surface area contributed by atoms with Gasteiger partial charge in [0.15, 0.2) is 0 Å². The highest BCUT2D eigenvalue weighted by Crippen LogP contribution is 2.21. The number of esters is 1. The Bertz CT molecular complexity index is 1520. The van der Waals surface area contributed by atoms with Gasteiger partial charge in [-0.05, 0) is 83.5 Å². The van der Waals surface area contributed by atoms with Crippen molar-refractivity contribution in [2.45, 2.75) is 501 Å². The summed E-state index contributed by atoms with van der Waals surface area (Å²) in [5.41, 5.74) is 0. The Kier molecular flexibility index (Phi) is 81.8. The van der Waals surface area contributed by atoms with E-state index < -0.39 is 12.1 Å². The smallest absolute Gasteiger partial charge is 0.305 e. The number of hydrogen-bond acceptors (Lipinski definition) is 5. The molecule has 0 aliphatic rings. The molecule has 0 saturated heterocycles. The van der Waals surface area contributed by atoms with Crippen molar-refractivity contribution in [1.29, 1.82) is 0 Å². The molecule has 0 aromatic rings. The predicted octanol–water partition coefficient (Wildman–Crippen LogP) is 28.9. The minimum absolute atomic E-state index is 0.0160. The molecule has 2 atom stereocenters. The Morgan fingerprint density at radius 3 is 0.830 bits per heavy atom. The van der Waals surface area contributed by atoms with Crippen LogP contribution in [0.25, 0.3) is 0 Å². The maximum absolute atomic E-state index is 12.6. The van der Waals surface area contributed by atoms with E-state index in [9.17, 15) is 19.8 Å². The second-order valence-corrected chi connectivity index (χ2v) is 29.9. The molecule has 0 aromatic carbocycles. The number of nitrogens with one attached hydrogen (secondary N) is 1. The van der Waals surface area contributed by atoms with E-state index in [1.807, 2.05) is 0 Å². The highest BCUT2D eigenvalue weighted by atomic mass is 16.5. The van der Waals surface area contributed by atoms with E-state index in [0.29, 0.717) is 25.9 Å². The molecule has 1 amide bonds. The average Bonchev–Trinajstić information content (AvgIpc) is 3.37. The van der Waals surface area contributed by atoms with Crippen LogP contribution in [0.15, 0.2) is 36.5 Å². The molecule has 0 rings (SSSR count). The van der Waals surface area contributed by atoms with Crippen LogP contribution >= 0.6 is 0 Å². The van der Waals surface area contributed by atoms with Gasteiger partial charge in [-0.2, -0.15) is 0 Å². The predicted molar refractivity (Wildman–Crippen MR) is 416 cm³/mol. The average molecular weight is 1320 g/mol. The van der Waals surface area contributed by atoms with Crippen molar-refractivity contribution in [3.8, 4) is 0 Å². The topological polar surface area (TPSA) is 95.9 Å². The molecule has 0 aliphatic carbocycles. The summed E-state index contributed by atoms with van der Waals surface area (Å²) in [4.78, 5) is 24.7. The van der Waals surface area contributed by atoms with Crippen LogP contribution in [-0.2, 0) is 14.3 Å². The van der Waals surface area contributed by atoms with E-state index in [-0.39, 0.29) is 18.5 Å². The zero-order valence-electron chi connectivity index (χ0n) is 64.0. The van der Waals surface area contributed by atoms with Crippen LogP contribution in [0.4, 0.5) is 0 Å². The SMILES string of the molecule is CCCCCC/C=C\C/C=C\CCCCCCCCCC(=O)OCCCCCCCCCCCCCCCCCCCC/C=C\CCCCCCCCCCCCCCCCCCCC(=O)NC(CO)C(O)CCCCCCCCCCCCCCCCCCCCCC. The van der Waals surface area contributed by atoms with Gasteiger partial charge in [-0.15, -0.1) is 0 Å². The summed E-state index contributed by atoms with van der Waals surface area (Å²) >= 11 is 0. The third kappa shape index (κ3) is 79.1. The van der Waals surface area contributed by atoms with Crippen LogP contribution in [0.5, 0.6) is 0 Å². The van der Waals surface area contributed by atoms with Gasteiger partial charge in [0, 0.05) is 12.8 Å². The molecule has 0 bridgehead atoms. The van der Waals surface area contributed by atoms with Crippen molar-refractivity contribution in [3.05, 3.63) is 36.5 Å². The number of carbonyl (C=O) groups excluding carboxylic acids is 2. The zero-order chi connectivity index (χ0) is 67.7. The number of unbranched alkanes of at least 4 members (excludes halogenated alkanes) is 65. The summed E-state index contributed by atoms with van der Waals surface area (Å²) in [7, 11) is 0. The second kappa shape index (κ2) is 83.5. The first-order chi connectivity index (χ1) is 46.5. The molecular formula is C88H169NO5. The Labute approximate surface area is 589 Å². The Hall–Kier alpha value is -1.92. The molecule has 6 heteroatoms. The Balaban J connectivity index is 3.32. The summed E-state index contributed by atoms with van der Waals surface area (Å²) in [5.74, 6) is -0.00936. The fourth-order valence-electron chi connectivity index (χ4n) is 13.8. The summed E-state index contributed by atoms with van der Waals surface area (Å²) in [5, 5.41) is 23.5. The summed E-state index contributed by atoms with van der Waals surface area (Å²) in [6, 6.07) is -0.539. The highest BCUT2D eigenvalue weighted by molar-refractivity contribution is 5.76. The maximum Gasteiger partial charge on any atom is 0.305 e. The number of aliphatic hydroxyl groups excluding tert-OH is 2. The standard InChI is InChI=1S/C88H169NO5/c1-3-5-7-9-11-13-15-17-19-21-23-45-48-52-56-60-64-68-72-76-80-86(91)85(84-90)89-87(92)81-77-73-69-65-61-57-53-49-46-43-41-39-37-35-33-31-29-27-25-24-26-28-30-32-34-36-38-40-42-44-47-51-55-59-63-67-71-75-79-83-94-88(93)82-78-74-70-66-62-58-54-50-22-20-18-16-14-12-10-8-6-4-2/h14,16,20,22,24-25,85-86,90-91H,3-13,15,17-19,21,23,26-84H2,1-2H3,(H,89,92)/b16-14-,22-20-,25-24-.